The molecule has 0 aliphatic carbocycles. The summed E-state index contributed by atoms with van der Waals surface area (Å²) in [4.78, 5) is 16.1. The summed E-state index contributed by atoms with van der Waals surface area (Å²) in [7, 11) is 0. The third-order valence-corrected chi connectivity index (χ3v) is 18.0. The van der Waals surface area contributed by atoms with Crippen LogP contribution in [0.25, 0.3) is 156 Å². The first-order valence-electron chi connectivity index (χ1n) is 31.2. The molecule has 10 heteroatoms. The number of aromatic nitrogens is 5. The average Bonchev–Trinajstić information content (AvgIpc) is 1.57. The molecule has 0 aliphatic heterocycles. The van der Waals surface area contributed by atoms with Crippen LogP contribution in [0.2, 0.25) is 0 Å². The van der Waals surface area contributed by atoms with Crippen LogP contribution in [0.1, 0.15) is 27.8 Å². The minimum absolute atomic E-state index is 0.422. The van der Waals surface area contributed by atoms with Crippen molar-refractivity contribution in [3.05, 3.63) is 319 Å². The van der Waals surface area contributed by atoms with E-state index in [0.717, 1.165) is 133 Å². The Hall–Kier alpha value is -14.1. The van der Waals surface area contributed by atoms with Crippen molar-refractivity contribution in [1.82, 2.24) is 24.1 Å². The van der Waals surface area contributed by atoms with E-state index in [9.17, 15) is 26.3 Å². The van der Waals surface area contributed by atoms with E-state index in [-0.39, 0.29) is 0 Å². The highest BCUT2D eigenvalue weighted by Gasteiger charge is 2.25. The Morgan fingerprint density at radius 3 is 0.896 bits per heavy atom. The molecule has 0 spiro atoms. The molecule has 442 valence electrons. The van der Waals surface area contributed by atoms with Gasteiger partial charge in [0.2, 0.25) is 0 Å². The molecule has 0 unspecified atom stereocenters. The van der Waals surface area contributed by atoms with Crippen molar-refractivity contribution in [2.24, 2.45) is 0 Å². The maximum absolute atomic E-state index is 10.4. The average molecular weight is 1220 g/mol. The molecule has 13 aromatic carbocycles. The third kappa shape index (κ3) is 9.93. The molecule has 0 amide bonds. The Labute approximate surface area is 552 Å². The quantitative estimate of drug-likeness (QED) is 0.123. The van der Waals surface area contributed by atoms with Crippen molar-refractivity contribution in [2.75, 3.05) is 0 Å². The number of rotatable bonds is 11. The van der Waals surface area contributed by atoms with Gasteiger partial charge in [0, 0.05) is 43.8 Å². The number of nitrogens with zero attached hydrogens (tertiary/aromatic N) is 10. The van der Waals surface area contributed by atoms with E-state index in [1.165, 1.54) is 0 Å². The van der Waals surface area contributed by atoms with Crippen LogP contribution in [0.4, 0.5) is 0 Å². The molecule has 0 atom stereocenters. The second kappa shape index (κ2) is 23.9. The molecule has 0 fully saturated rings. The Bertz CT molecular complexity index is 5800. The van der Waals surface area contributed by atoms with Crippen molar-refractivity contribution >= 4 is 43.6 Å². The minimum Gasteiger partial charge on any atom is -0.309 e. The van der Waals surface area contributed by atoms with Gasteiger partial charge in [0.25, 0.3) is 0 Å². The molecular formula is C86H48N10. The van der Waals surface area contributed by atoms with Gasteiger partial charge in [0.05, 0.1) is 91.6 Å². The molecule has 0 N–H and O–H groups in total. The van der Waals surface area contributed by atoms with Crippen LogP contribution in [0.3, 0.4) is 0 Å². The summed E-state index contributed by atoms with van der Waals surface area (Å²) in [6, 6.07) is 108. The lowest BCUT2D eigenvalue weighted by atomic mass is 9.94. The molecule has 0 saturated heterocycles. The third-order valence-electron chi connectivity index (χ3n) is 18.0. The first kappa shape index (κ1) is 57.1. The maximum atomic E-state index is 10.4. The molecule has 10 nitrogen and oxygen atoms in total. The summed E-state index contributed by atoms with van der Waals surface area (Å²) in [5.41, 5.74) is 20.6. The van der Waals surface area contributed by atoms with Gasteiger partial charge in [0.1, 0.15) is 0 Å². The minimum atomic E-state index is 0.422. The molecular weight excluding hydrogens is 1170 g/mol. The zero-order valence-electron chi connectivity index (χ0n) is 51.2. The fourth-order valence-corrected chi connectivity index (χ4v) is 13.5. The molecule has 96 heavy (non-hydrogen) atoms. The summed E-state index contributed by atoms with van der Waals surface area (Å²) in [5.74, 6) is 1.40. The maximum Gasteiger partial charge on any atom is 0.166 e. The Morgan fingerprint density at radius 2 is 0.521 bits per heavy atom. The van der Waals surface area contributed by atoms with Crippen LogP contribution in [-0.2, 0) is 0 Å². The van der Waals surface area contributed by atoms with Crippen LogP contribution >= 0.6 is 0 Å². The van der Waals surface area contributed by atoms with Crippen LogP contribution in [0.15, 0.2) is 291 Å². The number of nitriles is 5. The van der Waals surface area contributed by atoms with Crippen molar-refractivity contribution in [1.29, 1.82) is 26.3 Å². The van der Waals surface area contributed by atoms with Crippen LogP contribution in [0.5, 0.6) is 0 Å². The van der Waals surface area contributed by atoms with Crippen molar-refractivity contribution in [3.8, 4) is 143 Å². The van der Waals surface area contributed by atoms with Gasteiger partial charge < -0.3 is 9.13 Å². The summed E-state index contributed by atoms with van der Waals surface area (Å²) < 4.78 is 4.57. The van der Waals surface area contributed by atoms with E-state index >= 15 is 0 Å². The fourth-order valence-electron chi connectivity index (χ4n) is 13.5. The van der Waals surface area contributed by atoms with Gasteiger partial charge in [-0.15, -0.1) is 0 Å². The predicted molar refractivity (Wildman–Crippen MR) is 381 cm³/mol. The van der Waals surface area contributed by atoms with E-state index in [2.05, 4.69) is 149 Å². The van der Waals surface area contributed by atoms with E-state index in [1.54, 1.807) is 0 Å². The van der Waals surface area contributed by atoms with Gasteiger partial charge in [-0.05, 0) is 170 Å². The first-order valence-corrected chi connectivity index (χ1v) is 31.2. The van der Waals surface area contributed by atoms with Crippen LogP contribution in [0, 0.1) is 56.7 Å². The monoisotopic (exact) mass is 1220 g/mol. The van der Waals surface area contributed by atoms with Crippen LogP contribution in [-0.4, -0.2) is 24.1 Å². The van der Waals surface area contributed by atoms with Crippen molar-refractivity contribution in [2.45, 2.75) is 0 Å². The second-order valence-electron chi connectivity index (χ2n) is 23.4. The highest BCUT2D eigenvalue weighted by molar-refractivity contribution is 6.14. The zero-order valence-corrected chi connectivity index (χ0v) is 51.2. The molecule has 3 heterocycles. The van der Waals surface area contributed by atoms with Gasteiger partial charge >= 0.3 is 0 Å². The molecule has 0 bridgehead atoms. The first-order chi connectivity index (χ1) is 47.4. The molecule has 0 saturated carbocycles. The summed E-state index contributed by atoms with van der Waals surface area (Å²) in [6.07, 6.45) is 0. The number of benzene rings is 13. The Kier molecular flexibility index (Phi) is 14.2. The fraction of sp³-hybridized carbons (Fsp3) is 0. The molecule has 0 radical (unpaired) electrons. The zero-order chi connectivity index (χ0) is 64.8. The summed E-state index contributed by atoms with van der Waals surface area (Å²) in [6.45, 7) is 0. The normalized spacial score (nSPS) is 11.1. The topological polar surface area (TPSA) is 167 Å². The largest absolute Gasteiger partial charge is 0.309 e. The highest BCUT2D eigenvalue weighted by atomic mass is 15.1. The molecule has 16 aromatic rings. The smallest absolute Gasteiger partial charge is 0.166 e. The number of hydrogen-bond acceptors (Lipinski definition) is 8. The standard InChI is InChI=1S/C86H48N10/c87-49-54-27-29-55(30-28-54)58-31-37-78(95-79-38-32-59(68-23-11-7-19-64(68)50-88)44-73(79)74-45-60(33-39-80(74)95)69-24-12-8-20-65(69)51-89)72(43-58)63-36-42-83(77(48-63)86-93-84(56-15-3-1-4-16-56)92-85(94-86)57-17-5-2-6-18-57)96-81-40-34-61(70-25-13-9-21-66(70)52-90)46-75(81)76-47-62(35-41-82(76)96)71-26-14-10-22-67(71)53-91/h1-48H. The Morgan fingerprint density at radius 1 is 0.219 bits per heavy atom. The van der Waals surface area contributed by atoms with Crippen molar-refractivity contribution < 1.29 is 0 Å². The van der Waals surface area contributed by atoms with E-state index < -0.39 is 0 Å². The second-order valence-corrected chi connectivity index (χ2v) is 23.4. The van der Waals surface area contributed by atoms with Gasteiger partial charge in [-0.3, -0.25) is 0 Å². The van der Waals surface area contributed by atoms with Crippen molar-refractivity contribution in [3.63, 3.8) is 0 Å². The van der Waals surface area contributed by atoms with Gasteiger partial charge in [-0.25, -0.2) is 15.0 Å². The molecule has 3 aromatic heterocycles. The summed E-state index contributed by atoms with van der Waals surface area (Å²) in [5, 5.41) is 55.3. The van der Waals surface area contributed by atoms with Gasteiger partial charge in [0.15, 0.2) is 17.5 Å². The van der Waals surface area contributed by atoms with Crippen LogP contribution < -0.4 is 0 Å². The lowest BCUT2D eigenvalue weighted by molar-refractivity contribution is 1.06. The summed E-state index contributed by atoms with van der Waals surface area (Å²) >= 11 is 0. The lowest BCUT2D eigenvalue weighted by Crippen LogP contribution is -2.04. The Balaban J connectivity index is 1.01. The van der Waals surface area contributed by atoms with E-state index in [0.29, 0.717) is 50.9 Å². The number of hydrogen-bond donors (Lipinski definition) is 0. The van der Waals surface area contributed by atoms with Gasteiger partial charge in [-0.1, -0.05) is 182 Å². The lowest BCUT2D eigenvalue weighted by Gasteiger charge is -2.19. The number of fused-ring (bicyclic) bond motifs is 6. The molecule has 0 aliphatic rings. The predicted octanol–water partition coefficient (Wildman–Crippen LogP) is 20.4. The van der Waals surface area contributed by atoms with E-state index in [1.807, 2.05) is 182 Å². The molecule has 16 rings (SSSR count). The SMILES string of the molecule is N#Cc1ccc(-c2ccc(-n3c4ccc(-c5ccccc5C#N)cc4c4cc(-c5ccccc5C#N)ccc43)c(-c3ccc(-n4c5ccc(-c6ccccc6C#N)cc5c5cc(-c6ccccc6C#N)ccc54)c(-c4nc(-c5ccccc5)nc(-c5ccccc5)n4)c3)c2)cc1. The van der Waals surface area contributed by atoms with Gasteiger partial charge in [-0.2, -0.15) is 26.3 Å². The van der Waals surface area contributed by atoms with E-state index in [4.69, 9.17) is 15.0 Å². The highest BCUT2D eigenvalue weighted by Crippen LogP contribution is 2.46.